The molecular weight excluding hydrogens is 419 g/mol. The van der Waals surface area contributed by atoms with E-state index in [2.05, 4.69) is 15.0 Å². The highest BCUT2D eigenvalue weighted by atomic mass is 35.5. The third-order valence-electron chi connectivity index (χ3n) is 5.62. The normalized spacial score (nSPS) is 15.2. The molecule has 31 heavy (non-hydrogen) atoms. The molecule has 0 N–H and O–H groups in total. The van der Waals surface area contributed by atoms with Crippen LogP contribution in [-0.4, -0.2) is 46.0 Å². The van der Waals surface area contributed by atoms with E-state index in [1.165, 1.54) is 6.07 Å². The van der Waals surface area contributed by atoms with Gasteiger partial charge in [0.15, 0.2) is 0 Å². The Morgan fingerprint density at radius 1 is 1.19 bits per heavy atom. The van der Waals surface area contributed by atoms with Gasteiger partial charge < -0.3 is 9.42 Å². The fourth-order valence-electron chi connectivity index (χ4n) is 3.87. The molecule has 1 saturated heterocycles. The lowest BCUT2D eigenvalue weighted by Crippen LogP contribution is -2.40. The Morgan fingerprint density at radius 2 is 1.90 bits per heavy atom. The molecule has 1 aromatic heterocycles. The van der Waals surface area contributed by atoms with Crippen molar-refractivity contribution >= 4 is 17.5 Å². The molecule has 0 radical (unpaired) electrons. The fourth-order valence-corrected chi connectivity index (χ4v) is 4.09. The van der Waals surface area contributed by atoms with Crippen LogP contribution in [0.4, 0.5) is 4.39 Å². The Labute approximate surface area is 185 Å². The van der Waals surface area contributed by atoms with Gasteiger partial charge in [-0.3, -0.25) is 9.69 Å². The minimum Gasteiger partial charge on any atom is -0.337 e. The molecule has 0 bridgehead atoms. The second-order valence-electron chi connectivity index (χ2n) is 7.83. The van der Waals surface area contributed by atoms with Crippen LogP contribution in [0.5, 0.6) is 0 Å². The van der Waals surface area contributed by atoms with Gasteiger partial charge >= 0.3 is 0 Å². The van der Waals surface area contributed by atoms with Crippen LogP contribution in [-0.2, 0) is 17.9 Å². The van der Waals surface area contributed by atoms with Crippen molar-refractivity contribution in [2.24, 2.45) is 5.92 Å². The molecule has 4 rings (SSSR count). The Balaban J connectivity index is 1.30. The van der Waals surface area contributed by atoms with Gasteiger partial charge in [0, 0.05) is 30.6 Å². The van der Waals surface area contributed by atoms with Gasteiger partial charge in [-0.25, -0.2) is 4.39 Å². The molecule has 2 aromatic carbocycles. The van der Waals surface area contributed by atoms with Crippen LogP contribution in [0, 0.1) is 11.7 Å². The summed E-state index contributed by atoms with van der Waals surface area (Å²) in [5.74, 6) is 0.581. The molecule has 1 amide bonds. The minimum atomic E-state index is -0.184. The largest absolute Gasteiger partial charge is 0.337 e. The van der Waals surface area contributed by atoms with E-state index in [1.54, 1.807) is 24.1 Å². The summed E-state index contributed by atoms with van der Waals surface area (Å²) in [7, 11) is 1.74. The standard InChI is InChI=1S/C23H24ClFN4O2/c1-28(15-21-26-22(27-31-21)18-7-3-4-8-19(18)24)23(30)16-10-12-29(13-11-16)14-17-6-2-5-9-20(17)25/h2-9,16H,10-15H2,1H3. The minimum absolute atomic E-state index is 0.0584. The van der Waals surface area contributed by atoms with E-state index >= 15 is 0 Å². The molecule has 6 nitrogen and oxygen atoms in total. The number of carbonyl (C=O) groups is 1. The average Bonchev–Trinajstić information content (AvgIpc) is 3.24. The predicted octanol–water partition coefficient (Wildman–Crippen LogP) is 4.40. The summed E-state index contributed by atoms with van der Waals surface area (Å²) >= 11 is 6.19. The second-order valence-corrected chi connectivity index (χ2v) is 8.23. The molecule has 162 valence electrons. The van der Waals surface area contributed by atoms with Crippen LogP contribution in [0.25, 0.3) is 11.4 Å². The van der Waals surface area contributed by atoms with E-state index in [-0.39, 0.29) is 24.2 Å². The highest BCUT2D eigenvalue weighted by Crippen LogP contribution is 2.26. The number of piperidine rings is 1. The molecule has 0 unspecified atom stereocenters. The van der Waals surface area contributed by atoms with Gasteiger partial charge in [0.2, 0.25) is 17.6 Å². The monoisotopic (exact) mass is 442 g/mol. The predicted molar refractivity (Wildman–Crippen MR) is 116 cm³/mol. The lowest BCUT2D eigenvalue weighted by atomic mass is 9.95. The lowest BCUT2D eigenvalue weighted by molar-refractivity contribution is -0.136. The van der Waals surface area contributed by atoms with Crippen LogP contribution in [0.2, 0.25) is 5.02 Å². The molecule has 1 fully saturated rings. The molecule has 1 aliphatic rings. The number of aromatic nitrogens is 2. The molecular formula is C23H24ClFN4O2. The maximum atomic E-state index is 13.9. The summed E-state index contributed by atoms with van der Waals surface area (Å²) < 4.78 is 19.2. The first-order valence-electron chi connectivity index (χ1n) is 10.3. The molecule has 1 aliphatic heterocycles. The van der Waals surface area contributed by atoms with E-state index in [9.17, 15) is 9.18 Å². The van der Waals surface area contributed by atoms with Crippen molar-refractivity contribution in [3.8, 4) is 11.4 Å². The summed E-state index contributed by atoms with van der Waals surface area (Å²) in [4.78, 5) is 21.1. The third kappa shape index (κ3) is 5.11. The Morgan fingerprint density at radius 3 is 2.65 bits per heavy atom. The topological polar surface area (TPSA) is 62.5 Å². The number of likely N-dealkylation sites (tertiary alicyclic amines) is 1. The van der Waals surface area contributed by atoms with Crippen molar-refractivity contribution in [1.29, 1.82) is 0 Å². The number of rotatable bonds is 6. The second kappa shape index (κ2) is 9.58. The first-order valence-corrected chi connectivity index (χ1v) is 10.7. The van der Waals surface area contributed by atoms with Crippen LogP contribution >= 0.6 is 11.6 Å². The van der Waals surface area contributed by atoms with Crippen LogP contribution < -0.4 is 0 Å². The summed E-state index contributed by atoms with van der Waals surface area (Å²) in [6, 6.07) is 14.1. The van der Waals surface area contributed by atoms with Crippen LogP contribution in [0.15, 0.2) is 53.1 Å². The zero-order valence-electron chi connectivity index (χ0n) is 17.3. The summed E-state index contributed by atoms with van der Waals surface area (Å²) in [6.45, 7) is 2.33. The molecule has 0 saturated carbocycles. The average molecular weight is 443 g/mol. The summed E-state index contributed by atoms with van der Waals surface area (Å²) in [5, 5.41) is 4.53. The molecule has 8 heteroatoms. The van der Waals surface area contributed by atoms with Gasteiger partial charge in [-0.05, 0) is 44.1 Å². The first-order chi connectivity index (χ1) is 15.0. The number of hydrogen-bond donors (Lipinski definition) is 0. The maximum Gasteiger partial charge on any atom is 0.246 e. The fraction of sp³-hybridized carbons (Fsp3) is 0.348. The Hall–Kier alpha value is -2.77. The molecule has 2 heterocycles. The molecule has 0 aliphatic carbocycles. The van der Waals surface area contributed by atoms with Gasteiger partial charge in [-0.15, -0.1) is 0 Å². The summed E-state index contributed by atoms with van der Waals surface area (Å²) in [5.41, 5.74) is 1.38. The van der Waals surface area contributed by atoms with Crippen molar-refractivity contribution in [1.82, 2.24) is 19.9 Å². The molecule has 3 aromatic rings. The Kier molecular flexibility index (Phi) is 6.63. The Bertz CT molecular complexity index is 1050. The van der Waals surface area contributed by atoms with Gasteiger partial charge in [0.1, 0.15) is 5.82 Å². The number of hydrogen-bond acceptors (Lipinski definition) is 5. The summed E-state index contributed by atoms with van der Waals surface area (Å²) in [6.07, 6.45) is 1.48. The van der Waals surface area contributed by atoms with Gasteiger partial charge in [-0.1, -0.05) is 47.1 Å². The smallest absolute Gasteiger partial charge is 0.246 e. The first kappa shape index (κ1) is 21.5. The highest BCUT2D eigenvalue weighted by molar-refractivity contribution is 6.33. The molecule has 0 atom stereocenters. The van der Waals surface area contributed by atoms with Crippen molar-refractivity contribution < 1.29 is 13.7 Å². The SMILES string of the molecule is CN(Cc1nc(-c2ccccc2Cl)no1)C(=O)C1CCN(Cc2ccccc2F)CC1. The van der Waals surface area contributed by atoms with E-state index in [1.807, 2.05) is 30.3 Å². The molecule has 0 spiro atoms. The third-order valence-corrected chi connectivity index (χ3v) is 5.95. The van der Waals surface area contributed by atoms with Crippen LogP contribution in [0.3, 0.4) is 0 Å². The zero-order valence-corrected chi connectivity index (χ0v) is 18.1. The van der Waals surface area contributed by atoms with E-state index in [0.717, 1.165) is 25.9 Å². The lowest BCUT2D eigenvalue weighted by Gasteiger charge is -2.33. The van der Waals surface area contributed by atoms with Gasteiger partial charge in [0.05, 0.1) is 11.6 Å². The van der Waals surface area contributed by atoms with E-state index < -0.39 is 0 Å². The van der Waals surface area contributed by atoms with Crippen molar-refractivity contribution in [2.45, 2.75) is 25.9 Å². The van der Waals surface area contributed by atoms with Crippen molar-refractivity contribution in [3.63, 3.8) is 0 Å². The van der Waals surface area contributed by atoms with Crippen LogP contribution in [0.1, 0.15) is 24.3 Å². The van der Waals surface area contributed by atoms with Crippen molar-refractivity contribution in [3.05, 3.63) is 70.8 Å². The number of nitrogens with zero attached hydrogens (tertiary/aromatic N) is 4. The number of halogens is 2. The van der Waals surface area contributed by atoms with Gasteiger partial charge in [0.25, 0.3) is 0 Å². The van der Waals surface area contributed by atoms with Crippen molar-refractivity contribution in [2.75, 3.05) is 20.1 Å². The quantitative estimate of drug-likeness (QED) is 0.566. The number of benzene rings is 2. The van der Waals surface area contributed by atoms with E-state index in [0.29, 0.717) is 34.4 Å². The number of amides is 1. The highest BCUT2D eigenvalue weighted by Gasteiger charge is 2.28. The zero-order chi connectivity index (χ0) is 21.8. The number of carbonyl (C=O) groups excluding carboxylic acids is 1. The van der Waals surface area contributed by atoms with E-state index in [4.69, 9.17) is 16.1 Å². The maximum absolute atomic E-state index is 13.9. The van der Waals surface area contributed by atoms with Gasteiger partial charge in [-0.2, -0.15) is 4.98 Å².